The van der Waals surface area contributed by atoms with E-state index in [1.165, 1.54) is 64.2 Å². The van der Waals surface area contributed by atoms with Crippen LogP contribution in [-0.4, -0.2) is 11.2 Å². The highest BCUT2D eigenvalue weighted by atomic mass is 16.3. The van der Waals surface area contributed by atoms with Crippen LogP contribution in [0.15, 0.2) is 0 Å². The van der Waals surface area contributed by atoms with Crippen LogP contribution in [0, 0.1) is 56.2 Å². The van der Waals surface area contributed by atoms with Gasteiger partial charge >= 0.3 is 0 Å². The lowest BCUT2D eigenvalue weighted by molar-refractivity contribution is -0.253. The van der Waals surface area contributed by atoms with Crippen molar-refractivity contribution in [1.29, 1.82) is 0 Å². The predicted molar refractivity (Wildman–Crippen MR) is 131 cm³/mol. The van der Waals surface area contributed by atoms with E-state index in [9.17, 15) is 5.11 Å². The molecule has 5 rings (SSSR count). The first-order valence-corrected chi connectivity index (χ1v) is 13.9. The molecule has 5 aliphatic rings. The molecule has 0 radical (unpaired) electrons. The minimum absolute atomic E-state index is 0.0740. The van der Waals surface area contributed by atoms with Crippen LogP contribution in [0.3, 0.4) is 0 Å². The van der Waals surface area contributed by atoms with Crippen LogP contribution in [0.25, 0.3) is 0 Å². The number of hydrogen-bond acceptors (Lipinski definition) is 1. The summed E-state index contributed by atoms with van der Waals surface area (Å²) in [5.74, 6) is 3.38. The molecule has 178 valence electrons. The van der Waals surface area contributed by atoms with Gasteiger partial charge in [-0.3, -0.25) is 0 Å². The van der Waals surface area contributed by atoms with Crippen molar-refractivity contribution in [2.24, 2.45) is 56.2 Å². The van der Waals surface area contributed by atoms with Gasteiger partial charge in [-0.15, -0.1) is 0 Å². The van der Waals surface area contributed by atoms with Gasteiger partial charge in [0, 0.05) is 0 Å². The third kappa shape index (κ3) is 2.83. The molecule has 9 unspecified atom stereocenters. The molecule has 1 nitrogen and oxygen atoms in total. The maximum Gasteiger partial charge on any atom is 0.0594 e. The highest BCUT2D eigenvalue weighted by Gasteiger charge is 2.69. The van der Waals surface area contributed by atoms with Crippen molar-refractivity contribution >= 4 is 0 Å². The molecule has 0 aliphatic heterocycles. The van der Waals surface area contributed by atoms with Gasteiger partial charge in [0.2, 0.25) is 0 Å². The van der Waals surface area contributed by atoms with Crippen molar-refractivity contribution in [3.05, 3.63) is 0 Å². The Balaban J connectivity index is 1.52. The lowest BCUT2D eigenvalue weighted by atomic mass is 9.31. The molecule has 5 saturated carbocycles. The first kappa shape index (κ1) is 22.7. The number of aliphatic hydroxyl groups excluding tert-OH is 1. The van der Waals surface area contributed by atoms with E-state index in [-0.39, 0.29) is 11.5 Å². The van der Waals surface area contributed by atoms with Gasteiger partial charge < -0.3 is 5.11 Å². The Morgan fingerprint density at radius 1 is 0.581 bits per heavy atom. The Bertz CT molecular complexity index is 737. The Morgan fingerprint density at radius 3 is 1.97 bits per heavy atom. The Morgan fingerprint density at radius 2 is 1.26 bits per heavy atom. The average molecular weight is 429 g/mol. The first-order valence-electron chi connectivity index (χ1n) is 13.9. The van der Waals surface area contributed by atoms with Crippen LogP contribution in [0.2, 0.25) is 0 Å². The van der Waals surface area contributed by atoms with Gasteiger partial charge in [-0.25, -0.2) is 0 Å². The van der Waals surface area contributed by atoms with Gasteiger partial charge in [-0.2, -0.15) is 0 Å². The fourth-order valence-corrected chi connectivity index (χ4v) is 11.3. The molecule has 1 N–H and O–H groups in total. The van der Waals surface area contributed by atoms with Crippen LogP contribution in [0.4, 0.5) is 0 Å². The lowest BCUT2D eigenvalue weighted by Gasteiger charge is -2.73. The summed E-state index contributed by atoms with van der Waals surface area (Å²) in [7, 11) is 0. The smallest absolute Gasteiger partial charge is 0.0594 e. The summed E-state index contributed by atoms with van der Waals surface area (Å²) in [6.45, 7) is 20.7. The summed E-state index contributed by atoms with van der Waals surface area (Å²) < 4.78 is 0. The van der Waals surface area contributed by atoms with E-state index in [1.54, 1.807) is 0 Å². The van der Waals surface area contributed by atoms with Gasteiger partial charge in [0.25, 0.3) is 0 Å². The van der Waals surface area contributed by atoms with Crippen LogP contribution < -0.4 is 0 Å². The van der Waals surface area contributed by atoms with Crippen molar-refractivity contribution in [2.75, 3.05) is 0 Å². The quantitative estimate of drug-likeness (QED) is 0.412. The standard InChI is InChI=1S/C30H52O/c1-25(2)15-16-27(5)17-18-29(7)20(21(27)19-25)9-10-23-28(6)13-12-24(31)26(3,4)22(28)11-14-30(23,29)8/h20-24,31H,9-19H2,1-8H3. The summed E-state index contributed by atoms with van der Waals surface area (Å²) in [4.78, 5) is 0. The molecule has 0 spiro atoms. The summed E-state index contributed by atoms with van der Waals surface area (Å²) in [5.41, 5.74) is 2.60. The molecule has 1 heteroatoms. The minimum Gasteiger partial charge on any atom is -0.393 e. The number of fused-ring (bicyclic) bond motifs is 7. The van der Waals surface area contributed by atoms with Gasteiger partial charge in [-0.1, -0.05) is 55.4 Å². The molecule has 0 aromatic heterocycles. The van der Waals surface area contributed by atoms with Crippen LogP contribution in [0.1, 0.15) is 126 Å². The van der Waals surface area contributed by atoms with Gasteiger partial charge in [0.1, 0.15) is 0 Å². The summed E-state index contributed by atoms with van der Waals surface area (Å²) in [6, 6.07) is 0. The molecule has 0 saturated heterocycles. The number of hydrogen-bond donors (Lipinski definition) is 1. The normalized spacial score (nSPS) is 57.8. The highest BCUT2D eigenvalue weighted by molar-refractivity contribution is 5.18. The van der Waals surface area contributed by atoms with Gasteiger partial charge in [0.15, 0.2) is 0 Å². The van der Waals surface area contributed by atoms with E-state index in [2.05, 4.69) is 55.4 Å². The molecule has 5 aliphatic carbocycles. The van der Waals surface area contributed by atoms with Crippen molar-refractivity contribution < 1.29 is 5.11 Å². The second-order valence-corrected chi connectivity index (χ2v) is 15.7. The molecular formula is C30H52O. The summed E-state index contributed by atoms with van der Waals surface area (Å²) in [6.07, 6.45) is 15.1. The van der Waals surface area contributed by atoms with E-state index in [0.29, 0.717) is 33.0 Å². The third-order valence-electron chi connectivity index (χ3n) is 13.7. The zero-order valence-corrected chi connectivity index (χ0v) is 22.1. The van der Waals surface area contributed by atoms with Crippen LogP contribution in [-0.2, 0) is 0 Å². The second-order valence-electron chi connectivity index (χ2n) is 15.7. The van der Waals surface area contributed by atoms with Gasteiger partial charge in [-0.05, 0) is 127 Å². The summed E-state index contributed by atoms with van der Waals surface area (Å²) in [5, 5.41) is 10.9. The predicted octanol–water partition coefficient (Wildman–Crippen LogP) is 8.25. The topological polar surface area (TPSA) is 20.2 Å². The molecule has 5 fully saturated rings. The molecule has 0 aromatic rings. The minimum atomic E-state index is -0.110. The molecule has 0 bridgehead atoms. The largest absolute Gasteiger partial charge is 0.393 e. The molecule has 0 aromatic carbocycles. The maximum absolute atomic E-state index is 10.9. The molecule has 0 heterocycles. The van der Waals surface area contributed by atoms with Crippen molar-refractivity contribution in [2.45, 2.75) is 132 Å². The fourth-order valence-electron chi connectivity index (χ4n) is 11.3. The Kier molecular flexibility index (Phi) is 4.80. The van der Waals surface area contributed by atoms with Crippen LogP contribution >= 0.6 is 0 Å². The highest BCUT2D eigenvalue weighted by Crippen LogP contribution is 2.76. The SMILES string of the molecule is CC1(C)CCC2(C)CCC3(C)C(CCC4C5(C)CCC(O)C(C)(C)C5CCC43C)C2C1. The van der Waals surface area contributed by atoms with Gasteiger partial charge in [0.05, 0.1) is 6.10 Å². The zero-order chi connectivity index (χ0) is 22.7. The van der Waals surface area contributed by atoms with E-state index in [1.807, 2.05) is 0 Å². The maximum atomic E-state index is 10.9. The van der Waals surface area contributed by atoms with Crippen molar-refractivity contribution in [3.8, 4) is 0 Å². The molecule has 0 amide bonds. The van der Waals surface area contributed by atoms with Crippen LogP contribution in [0.5, 0.6) is 0 Å². The first-order chi connectivity index (χ1) is 14.2. The number of rotatable bonds is 0. The van der Waals surface area contributed by atoms with Crippen molar-refractivity contribution in [3.63, 3.8) is 0 Å². The second kappa shape index (κ2) is 6.55. The molecular weight excluding hydrogens is 376 g/mol. The molecule has 9 atom stereocenters. The zero-order valence-electron chi connectivity index (χ0n) is 22.1. The molecule has 31 heavy (non-hydrogen) atoms. The van der Waals surface area contributed by atoms with Crippen molar-refractivity contribution in [1.82, 2.24) is 0 Å². The lowest BCUT2D eigenvalue weighted by Crippen LogP contribution is -2.67. The fraction of sp³-hybridized carbons (Fsp3) is 1.00. The summed E-state index contributed by atoms with van der Waals surface area (Å²) >= 11 is 0. The Labute approximate surface area is 193 Å². The average Bonchev–Trinajstić information content (AvgIpc) is 2.67. The number of aliphatic hydroxyl groups is 1. The van der Waals surface area contributed by atoms with E-state index in [4.69, 9.17) is 0 Å². The third-order valence-corrected chi connectivity index (χ3v) is 13.7. The van der Waals surface area contributed by atoms with E-state index in [0.717, 1.165) is 24.2 Å². The monoisotopic (exact) mass is 428 g/mol. The van der Waals surface area contributed by atoms with E-state index < -0.39 is 0 Å². The van der Waals surface area contributed by atoms with E-state index >= 15 is 0 Å². The Hall–Kier alpha value is -0.0400.